The number of rotatable bonds is 10. The Morgan fingerprint density at radius 2 is 0.641 bits per heavy atom. The van der Waals surface area contributed by atoms with Crippen LogP contribution in [-0.4, -0.2) is 90.5 Å². The van der Waals surface area contributed by atoms with Crippen LogP contribution in [0.25, 0.3) is 0 Å². The number of carboxylic acids is 5. The summed E-state index contributed by atoms with van der Waals surface area (Å²) < 4.78 is 0. The van der Waals surface area contributed by atoms with Crippen molar-refractivity contribution in [2.75, 3.05) is 19.8 Å². The van der Waals surface area contributed by atoms with Gasteiger partial charge in [-0.15, -0.1) is 0 Å². The van der Waals surface area contributed by atoms with Gasteiger partial charge in [0, 0.05) is 53.6 Å². The Morgan fingerprint density at radius 3 is 0.718 bits per heavy atom. The summed E-state index contributed by atoms with van der Waals surface area (Å²) >= 11 is 0. The fourth-order valence-electron chi connectivity index (χ4n) is 0.620. The highest BCUT2D eigenvalue weighted by atomic mass is 16.4. The molecular weight excluding hydrogens is 520 g/mol. The summed E-state index contributed by atoms with van der Waals surface area (Å²) in [4.78, 5) is 48.0. The van der Waals surface area contributed by atoms with Crippen LogP contribution >= 0.6 is 0 Å². The first-order chi connectivity index (χ1) is 17.6. The number of carboxylic acid groups (broad SMARTS) is 5. The summed E-state index contributed by atoms with van der Waals surface area (Å²) in [7, 11) is 0. The Kier molecular flexibility index (Phi) is 39.4. The number of hydrogen-bond acceptors (Lipinski definition) is 8. The summed E-state index contributed by atoms with van der Waals surface area (Å²) in [5.41, 5.74) is 0.880. The highest BCUT2D eigenvalue weighted by molar-refractivity contribution is 5.86. The minimum absolute atomic E-state index is 0.0104. The smallest absolute Gasteiger partial charge is 0.330 e. The maximum atomic E-state index is 9.60. The van der Waals surface area contributed by atoms with Crippen LogP contribution in [0.3, 0.4) is 0 Å². The maximum Gasteiger partial charge on any atom is 0.330 e. The van der Waals surface area contributed by atoms with Crippen LogP contribution in [0.15, 0.2) is 60.8 Å². The average molecular weight is 565 g/mol. The molecule has 13 nitrogen and oxygen atoms in total. The van der Waals surface area contributed by atoms with Crippen LogP contribution in [0.4, 0.5) is 0 Å². The molecule has 0 unspecified atom stereocenters. The number of carbonyl (C=O) groups is 5. The Hall–Kier alpha value is -4.07. The fraction of sp³-hybridized carbons (Fsp3) is 0.423. The molecule has 0 saturated carbocycles. The summed E-state index contributed by atoms with van der Waals surface area (Å²) in [6, 6.07) is 0. The van der Waals surface area contributed by atoms with E-state index in [1.54, 1.807) is 0 Å². The van der Waals surface area contributed by atoms with Gasteiger partial charge < -0.3 is 40.9 Å². The topological polar surface area (TPSA) is 247 Å². The van der Waals surface area contributed by atoms with E-state index in [1.165, 1.54) is 34.6 Å². The van der Waals surface area contributed by atoms with Gasteiger partial charge in [0.2, 0.25) is 0 Å². The van der Waals surface area contributed by atoms with Crippen LogP contribution in [0, 0.1) is 5.92 Å². The highest BCUT2D eigenvalue weighted by Gasteiger charge is 2.03. The predicted molar refractivity (Wildman–Crippen MR) is 146 cm³/mol. The molecule has 8 N–H and O–H groups in total. The molecule has 0 saturated heterocycles. The second-order valence-corrected chi connectivity index (χ2v) is 7.52. The van der Waals surface area contributed by atoms with Gasteiger partial charge in [-0.3, -0.25) is 0 Å². The van der Waals surface area contributed by atoms with Gasteiger partial charge in [0.25, 0.3) is 0 Å². The summed E-state index contributed by atoms with van der Waals surface area (Å²) in [5, 5.41) is 64.8. The lowest BCUT2D eigenvalue weighted by atomic mass is 10.1. The number of aliphatic carboxylic acids is 5. The standard InChI is InChI=1S/C6H14O3.5C4H6O2/c7-3-1-2-6(4-8)5-9;5*1-3(2)4(5)6/h6-9H,1-5H2;5*1H2,2H3,(H,5,6). The molecule has 39 heavy (non-hydrogen) atoms. The van der Waals surface area contributed by atoms with Crippen molar-refractivity contribution in [2.45, 2.75) is 47.5 Å². The highest BCUT2D eigenvalue weighted by Crippen LogP contribution is 2.02. The van der Waals surface area contributed by atoms with Gasteiger partial charge in [-0.05, 0) is 47.5 Å². The first-order valence-electron chi connectivity index (χ1n) is 10.8. The van der Waals surface area contributed by atoms with Crippen molar-refractivity contribution in [1.29, 1.82) is 0 Å². The molecule has 0 aromatic heterocycles. The van der Waals surface area contributed by atoms with Gasteiger partial charge in [0.15, 0.2) is 0 Å². The number of hydrogen-bond donors (Lipinski definition) is 8. The second-order valence-electron chi connectivity index (χ2n) is 7.52. The fourth-order valence-corrected chi connectivity index (χ4v) is 0.620. The Balaban J connectivity index is -0.0000000845. The molecule has 0 aliphatic rings. The third kappa shape index (κ3) is 60.4. The molecule has 0 rings (SSSR count). The van der Waals surface area contributed by atoms with Crippen molar-refractivity contribution in [3.8, 4) is 0 Å². The molecular formula is C26H44O13. The lowest BCUT2D eigenvalue weighted by molar-refractivity contribution is -0.133. The molecule has 0 aromatic rings. The lowest BCUT2D eigenvalue weighted by Crippen LogP contribution is -2.11. The summed E-state index contributed by atoms with van der Waals surface area (Å²) in [5.74, 6) is -4.72. The molecule has 13 heteroatoms. The average Bonchev–Trinajstić information content (AvgIpc) is 2.81. The summed E-state index contributed by atoms with van der Waals surface area (Å²) in [6.45, 7) is 23.2. The zero-order chi connectivity index (χ0) is 32.9. The van der Waals surface area contributed by atoms with E-state index in [0.717, 1.165) is 0 Å². The van der Waals surface area contributed by atoms with Crippen LogP contribution in [0.5, 0.6) is 0 Å². The molecule has 0 aromatic carbocycles. The Morgan fingerprint density at radius 1 is 0.487 bits per heavy atom. The largest absolute Gasteiger partial charge is 0.478 e. The van der Waals surface area contributed by atoms with Crippen LogP contribution < -0.4 is 0 Å². The molecule has 0 spiro atoms. The van der Waals surface area contributed by atoms with Gasteiger partial charge in [-0.2, -0.15) is 0 Å². The molecule has 0 aliphatic heterocycles. The van der Waals surface area contributed by atoms with Gasteiger partial charge in [0.1, 0.15) is 0 Å². The van der Waals surface area contributed by atoms with E-state index in [0.29, 0.717) is 12.8 Å². The number of aliphatic hydroxyl groups is 3. The maximum absolute atomic E-state index is 9.60. The van der Waals surface area contributed by atoms with Crippen LogP contribution in [0.1, 0.15) is 47.5 Å². The monoisotopic (exact) mass is 564 g/mol. The van der Waals surface area contributed by atoms with Gasteiger partial charge >= 0.3 is 29.8 Å². The van der Waals surface area contributed by atoms with E-state index in [4.69, 9.17) is 40.9 Å². The van der Waals surface area contributed by atoms with E-state index in [9.17, 15) is 24.0 Å². The molecule has 226 valence electrons. The number of aliphatic hydroxyl groups excluding tert-OH is 3. The van der Waals surface area contributed by atoms with Gasteiger partial charge in [-0.1, -0.05) is 32.9 Å². The lowest BCUT2D eigenvalue weighted by Gasteiger charge is -2.07. The first kappa shape index (κ1) is 48.0. The second kappa shape index (κ2) is 32.0. The van der Waals surface area contributed by atoms with E-state index in [1.807, 2.05) is 0 Å². The molecule has 0 amide bonds. The normalized spacial score (nSPS) is 8.23. The van der Waals surface area contributed by atoms with E-state index < -0.39 is 29.8 Å². The van der Waals surface area contributed by atoms with Crippen molar-refractivity contribution in [3.63, 3.8) is 0 Å². The molecule has 0 bridgehead atoms. The zero-order valence-electron chi connectivity index (χ0n) is 23.3. The minimum atomic E-state index is -0.935. The molecule has 0 heterocycles. The van der Waals surface area contributed by atoms with Crippen molar-refractivity contribution in [3.05, 3.63) is 60.8 Å². The third-order valence-corrected chi connectivity index (χ3v) is 3.11. The van der Waals surface area contributed by atoms with E-state index >= 15 is 0 Å². The predicted octanol–water partition coefficient (Wildman–Crippen LogP) is 2.60. The van der Waals surface area contributed by atoms with Crippen LogP contribution in [0.2, 0.25) is 0 Å². The summed E-state index contributed by atoms with van der Waals surface area (Å²) in [6.07, 6.45) is 1.36. The van der Waals surface area contributed by atoms with E-state index in [-0.39, 0.29) is 53.6 Å². The molecule has 0 fully saturated rings. The zero-order valence-corrected chi connectivity index (χ0v) is 23.3. The minimum Gasteiger partial charge on any atom is -0.478 e. The SMILES string of the molecule is C=C(C)C(=O)O.C=C(C)C(=O)O.C=C(C)C(=O)O.C=C(C)C(=O)O.C=C(C)C(=O)O.OCCCC(CO)CO. The first-order valence-corrected chi connectivity index (χ1v) is 10.8. The van der Waals surface area contributed by atoms with Crippen molar-refractivity contribution < 1.29 is 64.8 Å². The quantitative estimate of drug-likeness (QED) is 0.178. The Labute approximate surface area is 229 Å². The Bertz CT molecular complexity index is 620. The van der Waals surface area contributed by atoms with Crippen molar-refractivity contribution in [1.82, 2.24) is 0 Å². The van der Waals surface area contributed by atoms with Gasteiger partial charge in [0.05, 0.1) is 0 Å². The van der Waals surface area contributed by atoms with Crippen molar-refractivity contribution >= 4 is 29.8 Å². The van der Waals surface area contributed by atoms with Crippen molar-refractivity contribution in [2.24, 2.45) is 5.92 Å². The van der Waals surface area contributed by atoms with Crippen LogP contribution in [-0.2, 0) is 24.0 Å². The third-order valence-electron chi connectivity index (χ3n) is 3.11. The molecule has 0 aliphatic carbocycles. The molecule has 0 atom stereocenters. The van der Waals surface area contributed by atoms with Gasteiger partial charge in [-0.25, -0.2) is 24.0 Å². The molecule has 0 radical (unpaired) electrons. The van der Waals surface area contributed by atoms with E-state index in [2.05, 4.69) is 32.9 Å².